The van der Waals surface area contributed by atoms with Crippen molar-refractivity contribution in [1.82, 2.24) is 0 Å². The van der Waals surface area contributed by atoms with Crippen LogP contribution in [0.1, 0.15) is 16.8 Å². The van der Waals surface area contributed by atoms with Gasteiger partial charge in [-0.05, 0) is 12.1 Å². The van der Waals surface area contributed by atoms with Crippen molar-refractivity contribution in [2.75, 3.05) is 27.7 Å². The summed E-state index contributed by atoms with van der Waals surface area (Å²) in [5, 5.41) is 0. The van der Waals surface area contributed by atoms with E-state index in [1.54, 1.807) is 0 Å². The van der Waals surface area contributed by atoms with Crippen molar-refractivity contribution in [1.29, 1.82) is 0 Å². The van der Waals surface area contributed by atoms with E-state index in [9.17, 15) is 4.79 Å². The van der Waals surface area contributed by atoms with E-state index in [0.717, 1.165) is 21.1 Å². The largest absolute Gasteiger partial charge is 0.331 e. The number of Topliss-reactive ketones (excluding diaryl/α,β-unsaturated/α-hetero) is 1. The molecule has 0 radical (unpaired) electrons. The SMILES string of the molecule is C[N+](C)(C)CCC(=O)c1ccc(Br)cc1. The lowest BCUT2D eigenvalue weighted by Gasteiger charge is -2.23. The van der Waals surface area contributed by atoms with Crippen molar-refractivity contribution >= 4 is 21.7 Å². The summed E-state index contributed by atoms with van der Waals surface area (Å²) in [6.45, 7) is 0.870. The van der Waals surface area contributed by atoms with Gasteiger partial charge in [-0.1, -0.05) is 28.1 Å². The average molecular weight is 271 g/mol. The van der Waals surface area contributed by atoms with Gasteiger partial charge in [0, 0.05) is 10.0 Å². The first kappa shape index (κ1) is 12.4. The third kappa shape index (κ3) is 4.58. The van der Waals surface area contributed by atoms with Gasteiger partial charge in [0.25, 0.3) is 0 Å². The van der Waals surface area contributed by atoms with Crippen molar-refractivity contribution in [2.24, 2.45) is 0 Å². The molecule has 0 unspecified atom stereocenters. The number of hydrogen-bond donors (Lipinski definition) is 0. The Morgan fingerprint density at radius 2 is 1.73 bits per heavy atom. The lowest BCUT2D eigenvalue weighted by atomic mass is 10.1. The maximum atomic E-state index is 11.8. The highest BCUT2D eigenvalue weighted by molar-refractivity contribution is 9.10. The van der Waals surface area contributed by atoms with Gasteiger partial charge in [0.15, 0.2) is 5.78 Å². The number of halogens is 1. The van der Waals surface area contributed by atoms with Crippen LogP contribution in [0.5, 0.6) is 0 Å². The van der Waals surface area contributed by atoms with Gasteiger partial charge in [0.2, 0.25) is 0 Å². The molecule has 0 heterocycles. The highest BCUT2D eigenvalue weighted by Gasteiger charge is 2.12. The zero-order valence-electron chi connectivity index (χ0n) is 9.46. The predicted octanol–water partition coefficient (Wildman–Crippen LogP) is 2.73. The van der Waals surface area contributed by atoms with Crippen LogP contribution in [0.25, 0.3) is 0 Å². The van der Waals surface area contributed by atoms with E-state index < -0.39 is 0 Å². The van der Waals surface area contributed by atoms with Gasteiger partial charge in [-0.2, -0.15) is 0 Å². The Labute approximate surface area is 99.6 Å². The highest BCUT2D eigenvalue weighted by atomic mass is 79.9. The predicted molar refractivity (Wildman–Crippen MR) is 66.0 cm³/mol. The minimum Gasteiger partial charge on any atom is -0.331 e. The van der Waals surface area contributed by atoms with E-state index in [1.165, 1.54) is 0 Å². The molecule has 0 atom stereocenters. The number of hydrogen-bond acceptors (Lipinski definition) is 1. The molecule has 0 aliphatic rings. The monoisotopic (exact) mass is 270 g/mol. The first-order valence-electron chi connectivity index (χ1n) is 4.98. The number of carbonyl (C=O) groups excluding carboxylic acids is 1. The van der Waals surface area contributed by atoms with E-state index >= 15 is 0 Å². The number of ketones is 1. The molecule has 0 saturated heterocycles. The summed E-state index contributed by atoms with van der Waals surface area (Å²) in [4.78, 5) is 11.8. The standard InChI is InChI=1S/C12H17BrNO/c1-14(2,3)9-8-12(15)10-4-6-11(13)7-5-10/h4-7H,8-9H2,1-3H3/q+1. The molecule has 82 valence electrons. The molecule has 1 rings (SSSR count). The Bertz CT molecular complexity index is 338. The molecule has 2 nitrogen and oxygen atoms in total. The Kier molecular flexibility index (Phi) is 4.05. The molecule has 15 heavy (non-hydrogen) atoms. The third-order valence-corrected chi connectivity index (χ3v) is 2.70. The third-order valence-electron chi connectivity index (χ3n) is 2.18. The zero-order chi connectivity index (χ0) is 11.5. The summed E-state index contributed by atoms with van der Waals surface area (Å²) < 4.78 is 1.83. The molecule has 0 aliphatic carbocycles. The number of quaternary nitrogens is 1. The molecular formula is C12H17BrNO+. The fourth-order valence-electron chi connectivity index (χ4n) is 1.22. The second kappa shape index (κ2) is 4.90. The van der Waals surface area contributed by atoms with Gasteiger partial charge >= 0.3 is 0 Å². The van der Waals surface area contributed by atoms with Crippen molar-refractivity contribution in [3.63, 3.8) is 0 Å². The Hall–Kier alpha value is -0.670. The number of benzene rings is 1. The van der Waals surface area contributed by atoms with E-state index in [4.69, 9.17) is 0 Å². The van der Waals surface area contributed by atoms with E-state index in [-0.39, 0.29) is 5.78 Å². The van der Waals surface area contributed by atoms with Gasteiger partial charge in [-0.15, -0.1) is 0 Å². The van der Waals surface area contributed by atoms with Crippen LogP contribution in [-0.2, 0) is 0 Å². The van der Waals surface area contributed by atoms with Gasteiger partial charge in [0.1, 0.15) is 0 Å². The first-order chi connectivity index (χ1) is 6.88. The van der Waals surface area contributed by atoms with Gasteiger partial charge in [0.05, 0.1) is 34.1 Å². The molecule has 0 N–H and O–H groups in total. The van der Waals surface area contributed by atoms with Crippen LogP contribution < -0.4 is 0 Å². The van der Waals surface area contributed by atoms with E-state index in [2.05, 4.69) is 37.1 Å². The zero-order valence-corrected chi connectivity index (χ0v) is 11.0. The first-order valence-corrected chi connectivity index (χ1v) is 5.77. The molecule has 0 aliphatic heterocycles. The summed E-state index contributed by atoms with van der Waals surface area (Å²) in [7, 11) is 6.28. The fourth-order valence-corrected chi connectivity index (χ4v) is 1.48. The molecule has 3 heteroatoms. The van der Waals surface area contributed by atoms with Crippen molar-refractivity contribution in [3.8, 4) is 0 Å². The average Bonchev–Trinajstić information content (AvgIpc) is 2.14. The lowest BCUT2D eigenvalue weighted by Crippen LogP contribution is -2.36. The van der Waals surface area contributed by atoms with Crippen LogP contribution in [0.3, 0.4) is 0 Å². The van der Waals surface area contributed by atoms with E-state index in [1.807, 2.05) is 24.3 Å². The Morgan fingerprint density at radius 3 is 2.20 bits per heavy atom. The number of carbonyl (C=O) groups is 1. The number of rotatable bonds is 4. The summed E-state index contributed by atoms with van der Waals surface area (Å²) in [5.41, 5.74) is 0.798. The molecule has 1 aromatic rings. The molecule has 0 fully saturated rings. The van der Waals surface area contributed by atoms with Crippen LogP contribution in [0, 0.1) is 0 Å². The molecular weight excluding hydrogens is 254 g/mol. The quantitative estimate of drug-likeness (QED) is 0.608. The summed E-state index contributed by atoms with van der Waals surface area (Å²) >= 11 is 3.35. The second-order valence-corrected chi connectivity index (χ2v) is 5.61. The summed E-state index contributed by atoms with van der Waals surface area (Å²) in [6, 6.07) is 7.53. The minimum absolute atomic E-state index is 0.218. The van der Waals surface area contributed by atoms with Gasteiger partial charge in [-0.3, -0.25) is 4.79 Å². The Balaban J connectivity index is 2.58. The maximum absolute atomic E-state index is 11.8. The normalized spacial score (nSPS) is 11.5. The smallest absolute Gasteiger partial charge is 0.168 e. The summed E-state index contributed by atoms with van der Waals surface area (Å²) in [5.74, 6) is 0.218. The molecule has 0 amide bonds. The lowest BCUT2D eigenvalue weighted by molar-refractivity contribution is -0.869. The molecule has 0 saturated carbocycles. The van der Waals surface area contributed by atoms with Gasteiger partial charge < -0.3 is 4.48 Å². The topological polar surface area (TPSA) is 17.1 Å². The van der Waals surface area contributed by atoms with Gasteiger partial charge in [-0.25, -0.2) is 0 Å². The molecule has 0 bridgehead atoms. The summed E-state index contributed by atoms with van der Waals surface area (Å²) in [6.07, 6.45) is 0.602. The maximum Gasteiger partial charge on any atom is 0.168 e. The number of nitrogens with zero attached hydrogens (tertiary/aromatic N) is 1. The van der Waals surface area contributed by atoms with Crippen molar-refractivity contribution < 1.29 is 9.28 Å². The Morgan fingerprint density at radius 1 is 1.20 bits per heavy atom. The molecule has 1 aromatic carbocycles. The van der Waals surface area contributed by atoms with Crippen LogP contribution in [0.2, 0.25) is 0 Å². The van der Waals surface area contributed by atoms with Crippen LogP contribution in [-0.4, -0.2) is 38.0 Å². The highest BCUT2D eigenvalue weighted by Crippen LogP contribution is 2.12. The van der Waals surface area contributed by atoms with Crippen molar-refractivity contribution in [2.45, 2.75) is 6.42 Å². The van der Waals surface area contributed by atoms with Crippen LogP contribution >= 0.6 is 15.9 Å². The second-order valence-electron chi connectivity index (χ2n) is 4.69. The molecule has 0 spiro atoms. The minimum atomic E-state index is 0.218. The van der Waals surface area contributed by atoms with Crippen LogP contribution in [0.15, 0.2) is 28.7 Å². The molecule has 0 aromatic heterocycles. The van der Waals surface area contributed by atoms with Crippen LogP contribution in [0.4, 0.5) is 0 Å². The van der Waals surface area contributed by atoms with E-state index in [0.29, 0.717) is 6.42 Å². The fraction of sp³-hybridized carbons (Fsp3) is 0.417. The van der Waals surface area contributed by atoms with Crippen molar-refractivity contribution in [3.05, 3.63) is 34.3 Å².